The third-order valence-electron chi connectivity index (χ3n) is 8.48. The van der Waals surface area contributed by atoms with Gasteiger partial charge in [-0.25, -0.2) is 4.18 Å². The summed E-state index contributed by atoms with van der Waals surface area (Å²) in [5.74, 6) is -0.405. The van der Waals surface area contributed by atoms with Crippen LogP contribution in [0.5, 0.6) is 0 Å². The van der Waals surface area contributed by atoms with Gasteiger partial charge in [0.05, 0.1) is 19.8 Å². The maximum absolute atomic E-state index is 12.6. The van der Waals surface area contributed by atoms with Gasteiger partial charge in [0, 0.05) is 13.0 Å². The highest BCUT2D eigenvalue weighted by molar-refractivity contribution is 7.80. The predicted molar refractivity (Wildman–Crippen MR) is 179 cm³/mol. The van der Waals surface area contributed by atoms with Crippen LogP contribution in [0.3, 0.4) is 0 Å². The van der Waals surface area contributed by atoms with Crippen LogP contribution >= 0.6 is 0 Å². The van der Waals surface area contributed by atoms with Crippen LogP contribution in [0.1, 0.15) is 149 Å². The Kier molecular flexibility index (Phi) is 26.2. The zero-order valence-corrected chi connectivity index (χ0v) is 29.9. The second-order valence-electron chi connectivity index (χ2n) is 12.8. The van der Waals surface area contributed by atoms with Gasteiger partial charge in [0.25, 0.3) is 0 Å². The lowest BCUT2D eigenvalue weighted by Gasteiger charge is -2.41. The van der Waals surface area contributed by atoms with E-state index in [1.54, 1.807) is 0 Å². The van der Waals surface area contributed by atoms with E-state index in [-0.39, 0.29) is 19.6 Å². The van der Waals surface area contributed by atoms with E-state index in [1.165, 1.54) is 83.5 Å². The third kappa shape index (κ3) is 22.4. The first-order valence-corrected chi connectivity index (χ1v) is 19.7. The van der Waals surface area contributed by atoms with Crippen LogP contribution < -0.4 is 0 Å². The molecule has 1 heterocycles. The largest absolute Gasteiger partial charge is 0.457 e. The first-order valence-electron chi connectivity index (χ1n) is 18.3. The summed E-state index contributed by atoms with van der Waals surface area (Å²) in [6, 6.07) is 0. The van der Waals surface area contributed by atoms with Gasteiger partial charge >= 0.3 is 16.4 Å². The van der Waals surface area contributed by atoms with Gasteiger partial charge in [0.15, 0.2) is 6.29 Å². The molecule has 12 nitrogen and oxygen atoms in total. The van der Waals surface area contributed by atoms with Crippen molar-refractivity contribution in [3.05, 3.63) is 0 Å². The second-order valence-corrected chi connectivity index (χ2v) is 13.9. The molecule has 0 saturated carbocycles. The van der Waals surface area contributed by atoms with Crippen LogP contribution in [0.4, 0.5) is 0 Å². The number of esters is 1. The molecule has 1 saturated heterocycles. The van der Waals surface area contributed by atoms with Crippen molar-refractivity contribution in [3.63, 3.8) is 0 Å². The molecule has 0 aliphatic carbocycles. The number of hydrogen-bond donors (Lipinski definition) is 4. The Bertz CT molecular complexity index is 858. The molecule has 0 aromatic heterocycles. The lowest BCUT2D eigenvalue weighted by Crippen LogP contribution is -2.60. The predicted octanol–water partition coefficient (Wildman–Crippen LogP) is 5.79. The second kappa shape index (κ2) is 27.9. The molecule has 0 bridgehead atoms. The summed E-state index contributed by atoms with van der Waals surface area (Å²) in [5, 5.41) is 30.4. The Morgan fingerprint density at radius 1 is 0.723 bits per heavy atom. The van der Waals surface area contributed by atoms with Crippen LogP contribution in [0.2, 0.25) is 0 Å². The molecule has 0 amide bonds. The fourth-order valence-electron chi connectivity index (χ4n) is 5.67. The minimum Gasteiger partial charge on any atom is -0.457 e. The first-order chi connectivity index (χ1) is 22.6. The van der Waals surface area contributed by atoms with Crippen molar-refractivity contribution in [1.82, 2.24) is 0 Å². The number of rotatable bonds is 31. The van der Waals surface area contributed by atoms with Crippen molar-refractivity contribution in [3.8, 4) is 0 Å². The van der Waals surface area contributed by atoms with E-state index >= 15 is 0 Å². The summed E-state index contributed by atoms with van der Waals surface area (Å²) in [6.07, 6.45) is 14.6. The lowest BCUT2D eigenvalue weighted by atomic mass is 9.99. The molecule has 0 aromatic rings. The van der Waals surface area contributed by atoms with Crippen molar-refractivity contribution in [1.29, 1.82) is 0 Å². The number of carbonyl (C=O) groups is 1. The van der Waals surface area contributed by atoms with Crippen LogP contribution in [0.25, 0.3) is 0 Å². The highest BCUT2D eigenvalue weighted by Gasteiger charge is 2.48. The average Bonchev–Trinajstić information content (AvgIpc) is 3.03. The molecule has 1 aliphatic rings. The van der Waals surface area contributed by atoms with Crippen LogP contribution in [0.15, 0.2) is 0 Å². The highest BCUT2D eigenvalue weighted by Crippen LogP contribution is 2.26. The SMILES string of the molecule is CCCCCCCCCCCCCCCOCC(COC1OC(CO)C(O)C(OS(=O)(=O)O)C1O)OC(=O)CCCCCCCCC. The van der Waals surface area contributed by atoms with Crippen molar-refractivity contribution in [2.45, 2.75) is 185 Å². The van der Waals surface area contributed by atoms with E-state index in [0.29, 0.717) is 13.0 Å². The third-order valence-corrected chi connectivity index (χ3v) is 8.94. The number of carbonyl (C=O) groups excluding carboxylic acids is 1. The molecule has 47 heavy (non-hydrogen) atoms. The quantitative estimate of drug-likeness (QED) is 0.0390. The molecular weight excluding hydrogens is 632 g/mol. The molecule has 0 aromatic carbocycles. The van der Waals surface area contributed by atoms with Gasteiger partial charge in [-0.05, 0) is 12.8 Å². The van der Waals surface area contributed by atoms with Crippen LogP contribution in [-0.4, -0.2) is 97.5 Å². The van der Waals surface area contributed by atoms with Gasteiger partial charge in [-0.15, -0.1) is 0 Å². The number of aliphatic hydroxyl groups is 3. The minimum absolute atomic E-state index is 0.0425. The Morgan fingerprint density at radius 2 is 1.21 bits per heavy atom. The standard InChI is InChI=1S/C34H66O12S/c1-3-5-7-9-11-12-13-14-15-16-18-20-22-24-42-26-28(44-30(36)23-21-19-17-10-8-6-4-2)27-43-34-32(38)33(46-47(39,40)41)31(37)29(25-35)45-34/h28-29,31-35,37-38H,3-27H2,1-2H3,(H,39,40,41). The Hall–Kier alpha value is -0.900. The van der Waals surface area contributed by atoms with E-state index < -0.39 is 59.8 Å². The Morgan fingerprint density at radius 3 is 1.70 bits per heavy atom. The van der Waals surface area contributed by atoms with Crippen molar-refractivity contribution >= 4 is 16.4 Å². The number of hydrogen-bond acceptors (Lipinski definition) is 11. The highest BCUT2D eigenvalue weighted by atomic mass is 32.3. The average molecular weight is 699 g/mol. The molecule has 1 rings (SSSR count). The van der Waals surface area contributed by atoms with E-state index in [0.717, 1.165) is 38.5 Å². The topological polar surface area (TPSA) is 178 Å². The molecule has 6 atom stereocenters. The van der Waals surface area contributed by atoms with E-state index in [4.69, 9.17) is 23.5 Å². The van der Waals surface area contributed by atoms with Gasteiger partial charge in [0.2, 0.25) is 0 Å². The molecule has 280 valence electrons. The summed E-state index contributed by atoms with van der Waals surface area (Å²) in [6.45, 7) is 3.93. The van der Waals surface area contributed by atoms with Gasteiger partial charge in [-0.1, -0.05) is 129 Å². The fourth-order valence-corrected chi connectivity index (χ4v) is 6.18. The van der Waals surface area contributed by atoms with Gasteiger partial charge in [0.1, 0.15) is 30.5 Å². The zero-order valence-electron chi connectivity index (χ0n) is 29.1. The Balaban J connectivity index is 2.50. The molecule has 1 aliphatic heterocycles. The first kappa shape index (κ1) is 44.1. The van der Waals surface area contributed by atoms with Crippen molar-refractivity contribution in [2.75, 3.05) is 26.4 Å². The zero-order chi connectivity index (χ0) is 34.8. The lowest BCUT2D eigenvalue weighted by molar-refractivity contribution is -0.301. The van der Waals surface area contributed by atoms with Crippen molar-refractivity contribution < 1.29 is 56.2 Å². The van der Waals surface area contributed by atoms with E-state index in [9.17, 15) is 28.5 Å². The summed E-state index contributed by atoms with van der Waals surface area (Å²) in [5.41, 5.74) is 0. The van der Waals surface area contributed by atoms with Gasteiger partial charge in [-0.3, -0.25) is 9.35 Å². The fraction of sp³-hybridized carbons (Fsp3) is 0.971. The number of ether oxygens (including phenoxy) is 4. The monoisotopic (exact) mass is 698 g/mol. The van der Waals surface area contributed by atoms with Crippen LogP contribution in [0, 0.1) is 0 Å². The maximum atomic E-state index is 12.6. The van der Waals surface area contributed by atoms with E-state index in [1.807, 2.05) is 0 Å². The molecule has 13 heteroatoms. The van der Waals surface area contributed by atoms with Crippen LogP contribution in [-0.2, 0) is 38.3 Å². The summed E-state index contributed by atoms with van der Waals surface area (Å²) >= 11 is 0. The summed E-state index contributed by atoms with van der Waals surface area (Å²) in [7, 11) is -5.05. The summed E-state index contributed by atoms with van der Waals surface area (Å²) in [4.78, 5) is 12.6. The molecule has 4 N–H and O–H groups in total. The minimum atomic E-state index is -5.05. The molecule has 0 spiro atoms. The Labute approximate surface area is 284 Å². The van der Waals surface area contributed by atoms with Gasteiger partial charge < -0.3 is 34.3 Å². The van der Waals surface area contributed by atoms with E-state index in [2.05, 4.69) is 18.0 Å². The van der Waals surface area contributed by atoms with Crippen molar-refractivity contribution in [2.24, 2.45) is 0 Å². The summed E-state index contributed by atoms with van der Waals surface area (Å²) < 4.78 is 58.5. The molecule has 1 fully saturated rings. The number of unbranched alkanes of at least 4 members (excludes halogenated alkanes) is 18. The molecule has 6 unspecified atom stereocenters. The maximum Gasteiger partial charge on any atom is 0.397 e. The van der Waals surface area contributed by atoms with Gasteiger partial charge in [-0.2, -0.15) is 8.42 Å². The molecular formula is C34H66O12S. The smallest absolute Gasteiger partial charge is 0.397 e. The normalized spacial score (nSPS) is 22.4. The molecule has 0 radical (unpaired) electrons. The number of aliphatic hydroxyl groups excluding tert-OH is 3.